The van der Waals surface area contributed by atoms with Gasteiger partial charge in [0.05, 0.1) is 27.8 Å². The van der Waals surface area contributed by atoms with Crippen LogP contribution < -0.4 is 14.2 Å². The summed E-state index contributed by atoms with van der Waals surface area (Å²) in [6, 6.07) is 4.05. The lowest BCUT2D eigenvalue weighted by Crippen LogP contribution is -2.38. The minimum atomic E-state index is 0.168. The maximum absolute atomic E-state index is 12.9. The molecular formula is C20H31NO4. The Bertz CT molecular complexity index is 581. The molecule has 1 aliphatic rings. The van der Waals surface area contributed by atoms with E-state index in [0.717, 1.165) is 31.4 Å². The standard InChI is InChI=1S/C20H31NO4/c1-20(2,3)13-15-8-7-9-21(15)18(22)12-14-10-16(23-4)19(25-6)17(11-14)24-5/h10-11,15H,7-9,12-13H2,1-6H3. The number of carbonyl (C=O) groups is 1. The molecule has 140 valence electrons. The molecule has 1 unspecified atom stereocenters. The van der Waals surface area contributed by atoms with Gasteiger partial charge in [0.25, 0.3) is 0 Å². The van der Waals surface area contributed by atoms with Crippen molar-refractivity contribution >= 4 is 5.91 Å². The Hall–Kier alpha value is -1.91. The first kappa shape index (κ1) is 19.4. The Morgan fingerprint density at radius 1 is 1.12 bits per heavy atom. The molecule has 5 heteroatoms. The summed E-state index contributed by atoms with van der Waals surface area (Å²) in [7, 11) is 4.75. The maximum atomic E-state index is 12.9. The van der Waals surface area contributed by atoms with Gasteiger partial charge in [-0.15, -0.1) is 0 Å². The largest absolute Gasteiger partial charge is 0.493 e. The van der Waals surface area contributed by atoms with Gasteiger partial charge in [-0.3, -0.25) is 4.79 Å². The van der Waals surface area contributed by atoms with Crippen molar-refractivity contribution in [3.05, 3.63) is 17.7 Å². The third-order valence-corrected chi connectivity index (χ3v) is 4.63. The fraction of sp³-hybridized carbons (Fsp3) is 0.650. The van der Waals surface area contributed by atoms with Crippen LogP contribution in [0.5, 0.6) is 17.2 Å². The van der Waals surface area contributed by atoms with Crippen molar-refractivity contribution in [3.63, 3.8) is 0 Å². The number of hydrogen-bond donors (Lipinski definition) is 0. The molecule has 1 aliphatic heterocycles. The summed E-state index contributed by atoms with van der Waals surface area (Å²) in [5, 5.41) is 0. The molecule has 0 spiro atoms. The van der Waals surface area contributed by atoms with Crippen LogP contribution in [0.2, 0.25) is 0 Å². The fourth-order valence-electron chi connectivity index (χ4n) is 3.60. The molecule has 2 rings (SSSR count). The second-order valence-electron chi connectivity index (χ2n) is 7.86. The van der Waals surface area contributed by atoms with Crippen LogP contribution in [0.15, 0.2) is 12.1 Å². The van der Waals surface area contributed by atoms with Crippen molar-refractivity contribution < 1.29 is 19.0 Å². The number of hydrogen-bond acceptors (Lipinski definition) is 4. The summed E-state index contributed by atoms with van der Waals surface area (Å²) >= 11 is 0. The molecule has 0 N–H and O–H groups in total. The van der Waals surface area contributed by atoms with E-state index in [1.807, 2.05) is 12.1 Å². The minimum Gasteiger partial charge on any atom is -0.493 e. The van der Waals surface area contributed by atoms with E-state index >= 15 is 0 Å². The first-order chi connectivity index (χ1) is 11.8. The molecule has 1 atom stereocenters. The van der Waals surface area contributed by atoms with Gasteiger partial charge in [-0.1, -0.05) is 20.8 Å². The smallest absolute Gasteiger partial charge is 0.227 e. The topological polar surface area (TPSA) is 48.0 Å². The van der Waals surface area contributed by atoms with Crippen LogP contribution in [-0.4, -0.2) is 44.7 Å². The molecule has 1 aromatic rings. The van der Waals surface area contributed by atoms with Gasteiger partial charge in [-0.05, 0) is 42.4 Å². The van der Waals surface area contributed by atoms with Crippen molar-refractivity contribution in [3.8, 4) is 17.2 Å². The molecule has 25 heavy (non-hydrogen) atoms. The van der Waals surface area contributed by atoms with Crippen LogP contribution >= 0.6 is 0 Å². The molecule has 0 bridgehead atoms. The second kappa shape index (κ2) is 7.98. The molecule has 0 saturated carbocycles. The Kier molecular flexibility index (Phi) is 6.20. The molecule has 1 saturated heterocycles. The number of likely N-dealkylation sites (tertiary alicyclic amines) is 1. The van der Waals surface area contributed by atoms with Crippen molar-refractivity contribution in [2.24, 2.45) is 5.41 Å². The zero-order chi connectivity index (χ0) is 18.6. The summed E-state index contributed by atoms with van der Waals surface area (Å²) in [5.74, 6) is 1.88. The monoisotopic (exact) mass is 349 g/mol. The van der Waals surface area contributed by atoms with Gasteiger partial charge in [-0.2, -0.15) is 0 Å². The maximum Gasteiger partial charge on any atom is 0.227 e. The van der Waals surface area contributed by atoms with Gasteiger partial charge < -0.3 is 19.1 Å². The van der Waals surface area contributed by atoms with Crippen LogP contribution in [0.4, 0.5) is 0 Å². The van der Waals surface area contributed by atoms with Crippen LogP contribution in [0.1, 0.15) is 45.6 Å². The Morgan fingerprint density at radius 3 is 2.20 bits per heavy atom. The Labute approximate surface area is 151 Å². The van der Waals surface area contributed by atoms with Gasteiger partial charge in [-0.25, -0.2) is 0 Å². The van der Waals surface area contributed by atoms with E-state index in [9.17, 15) is 4.79 Å². The lowest BCUT2D eigenvalue weighted by Gasteiger charge is -2.30. The summed E-state index contributed by atoms with van der Waals surface area (Å²) in [5.41, 5.74) is 1.10. The third-order valence-electron chi connectivity index (χ3n) is 4.63. The highest BCUT2D eigenvalue weighted by molar-refractivity contribution is 5.80. The van der Waals surface area contributed by atoms with Crippen molar-refractivity contribution in [2.75, 3.05) is 27.9 Å². The number of benzene rings is 1. The van der Waals surface area contributed by atoms with E-state index in [0.29, 0.717) is 29.7 Å². The second-order valence-corrected chi connectivity index (χ2v) is 7.86. The van der Waals surface area contributed by atoms with Crippen molar-refractivity contribution in [1.82, 2.24) is 4.90 Å². The fourth-order valence-corrected chi connectivity index (χ4v) is 3.60. The van der Waals surface area contributed by atoms with E-state index < -0.39 is 0 Å². The van der Waals surface area contributed by atoms with E-state index in [4.69, 9.17) is 14.2 Å². The normalized spacial score (nSPS) is 17.5. The number of amides is 1. The SMILES string of the molecule is COc1cc(CC(=O)N2CCCC2CC(C)(C)C)cc(OC)c1OC. The zero-order valence-corrected chi connectivity index (χ0v) is 16.3. The van der Waals surface area contributed by atoms with Crippen LogP contribution in [0.25, 0.3) is 0 Å². The van der Waals surface area contributed by atoms with Gasteiger partial charge in [0.15, 0.2) is 11.5 Å². The summed E-state index contributed by atoms with van der Waals surface area (Å²) in [6.45, 7) is 7.54. The highest BCUT2D eigenvalue weighted by atomic mass is 16.5. The predicted molar refractivity (Wildman–Crippen MR) is 98.6 cm³/mol. The average Bonchev–Trinajstić information content (AvgIpc) is 2.99. The predicted octanol–water partition coefficient (Wildman–Crippen LogP) is 3.68. The molecule has 1 aromatic carbocycles. The van der Waals surface area contributed by atoms with E-state index in [1.165, 1.54) is 0 Å². The quantitative estimate of drug-likeness (QED) is 0.786. The highest BCUT2D eigenvalue weighted by Gasteiger charge is 2.31. The lowest BCUT2D eigenvalue weighted by atomic mass is 9.87. The van der Waals surface area contributed by atoms with Crippen molar-refractivity contribution in [2.45, 2.75) is 52.5 Å². The van der Waals surface area contributed by atoms with Gasteiger partial charge in [0.2, 0.25) is 11.7 Å². The molecule has 5 nitrogen and oxygen atoms in total. The number of nitrogens with zero attached hydrogens (tertiary/aromatic N) is 1. The summed E-state index contributed by atoms with van der Waals surface area (Å²) in [4.78, 5) is 14.9. The molecule has 1 heterocycles. The van der Waals surface area contributed by atoms with Crippen LogP contribution in [-0.2, 0) is 11.2 Å². The molecule has 1 amide bonds. The Morgan fingerprint density at radius 2 is 1.72 bits per heavy atom. The molecule has 1 fully saturated rings. The van der Waals surface area contributed by atoms with Crippen molar-refractivity contribution in [1.29, 1.82) is 0 Å². The van der Waals surface area contributed by atoms with Gasteiger partial charge >= 0.3 is 0 Å². The molecular weight excluding hydrogens is 318 g/mol. The first-order valence-electron chi connectivity index (χ1n) is 8.87. The number of carbonyl (C=O) groups excluding carboxylic acids is 1. The van der Waals surface area contributed by atoms with Gasteiger partial charge in [0, 0.05) is 12.6 Å². The van der Waals surface area contributed by atoms with E-state index in [-0.39, 0.29) is 11.3 Å². The van der Waals surface area contributed by atoms with E-state index in [2.05, 4.69) is 25.7 Å². The third kappa shape index (κ3) is 4.80. The minimum absolute atomic E-state index is 0.168. The molecule has 0 aliphatic carbocycles. The number of ether oxygens (including phenoxy) is 3. The van der Waals surface area contributed by atoms with Crippen LogP contribution in [0, 0.1) is 5.41 Å². The lowest BCUT2D eigenvalue weighted by molar-refractivity contribution is -0.131. The molecule has 0 radical (unpaired) electrons. The van der Waals surface area contributed by atoms with E-state index in [1.54, 1.807) is 21.3 Å². The van der Waals surface area contributed by atoms with Crippen LogP contribution in [0.3, 0.4) is 0 Å². The summed E-state index contributed by atoms with van der Waals surface area (Å²) in [6.07, 6.45) is 3.56. The Balaban J connectivity index is 2.17. The molecule has 0 aromatic heterocycles. The first-order valence-corrected chi connectivity index (χ1v) is 8.87. The van der Waals surface area contributed by atoms with Gasteiger partial charge in [0.1, 0.15) is 0 Å². The highest BCUT2D eigenvalue weighted by Crippen LogP contribution is 2.38. The average molecular weight is 349 g/mol. The number of rotatable bonds is 6. The summed E-state index contributed by atoms with van der Waals surface area (Å²) < 4.78 is 16.1. The number of methoxy groups -OCH3 is 3. The zero-order valence-electron chi connectivity index (χ0n) is 16.3.